The lowest BCUT2D eigenvalue weighted by atomic mass is 10.2. The van der Waals surface area contributed by atoms with E-state index in [0.29, 0.717) is 0 Å². The Morgan fingerprint density at radius 1 is 1.07 bits per heavy atom. The summed E-state index contributed by atoms with van der Waals surface area (Å²) >= 11 is 0. The first-order chi connectivity index (χ1) is 7.43. The van der Waals surface area contributed by atoms with Crippen molar-refractivity contribution in [3.8, 4) is 0 Å². The van der Waals surface area contributed by atoms with Gasteiger partial charge in [-0.25, -0.2) is 0 Å². The van der Waals surface area contributed by atoms with E-state index in [-0.39, 0.29) is 0 Å². The van der Waals surface area contributed by atoms with Crippen molar-refractivity contribution in [3.63, 3.8) is 0 Å². The summed E-state index contributed by atoms with van der Waals surface area (Å²) in [5.41, 5.74) is 2.73. The highest BCUT2D eigenvalue weighted by Crippen LogP contribution is 2.55. The van der Waals surface area contributed by atoms with Crippen molar-refractivity contribution < 1.29 is 0 Å². The number of aromatic nitrogens is 1. The van der Waals surface area contributed by atoms with Crippen LogP contribution >= 0.6 is 0 Å². The third-order valence-electron chi connectivity index (χ3n) is 4.00. The molecule has 1 aliphatic carbocycles. The molecule has 0 radical (unpaired) electrons. The molecule has 1 aliphatic heterocycles. The molecule has 1 saturated carbocycles. The summed E-state index contributed by atoms with van der Waals surface area (Å²) < 4.78 is 0. The molecule has 0 amide bonds. The van der Waals surface area contributed by atoms with Gasteiger partial charge >= 0.3 is 0 Å². The zero-order chi connectivity index (χ0) is 9.83. The van der Waals surface area contributed by atoms with Gasteiger partial charge in [0, 0.05) is 17.1 Å². The normalized spacial score (nSPS) is 33.2. The number of nitrogens with one attached hydrogen (secondary N) is 2. The van der Waals surface area contributed by atoms with Crippen LogP contribution in [0.1, 0.15) is 11.6 Å². The van der Waals surface area contributed by atoms with E-state index in [9.17, 15) is 0 Å². The van der Waals surface area contributed by atoms with Gasteiger partial charge in [0.1, 0.15) is 0 Å². The van der Waals surface area contributed by atoms with Gasteiger partial charge in [0.25, 0.3) is 0 Å². The lowest BCUT2D eigenvalue weighted by Gasteiger charge is -2.00. The van der Waals surface area contributed by atoms with Gasteiger partial charge in [0.2, 0.25) is 0 Å². The van der Waals surface area contributed by atoms with Crippen LogP contribution in [0.2, 0.25) is 0 Å². The molecule has 2 unspecified atom stereocenters. The maximum Gasteiger partial charge on any atom is 0.0456 e. The number of rotatable bonds is 1. The number of H-pyrrole nitrogens is 1. The molecule has 2 heteroatoms. The Balaban J connectivity index is 1.77. The van der Waals surface area contributed by atoms with Gasteiger partial charge in [-0.2, -0.15) is 0 Å². The number of hydrogen-bond acceptors (Lipinski definition) is 1. The van der Waals surface area contributed by atoms with Gasteiger partial charge in [-0.3, -0.25) is 0 Å². The molecule has 2 atom stereocenters. The molecule has 2 aromatic rings. The third kappa shape index (κ3) is 1.03. The van der Waals surface area contributed by atoms with Gasteiger partial charge in [-0.1, -0.05) is 18.2 Å². The van der Waals surface area contributed by atoms with E-state index >= 15 is 0 Å². The monoisotopic (exact) mass is 198 g/mol. The topological polar surface area (TPSA) is 27.8 Å². The molecule has 2 aliphatic rings. The van der Waals surface area contributed by atoms with Crippen LogP contribution in [0.15, 0.2) is 30.3 Å². The number of hydrogen-bond donors (Lipinski definition) is 2. The second kappa shape index (κ2) is 2.64. The third-order valence-corrected chi connectivity index (χ3v) is 4.00. The second-order valence-corrected chi connectivity index (χ2v) is 4.82. The average molecular weight is 198 g/mol. The van der Waals surface area contributed by atoms with Crippen molar-refractivity contribution in [2.24, 2.45) is 11.8 Å². The fourth-order valence-electron chi connectivity index (χ4n) is 3.16. The minimum Gasteiger partial charge on any atom is -0.358 e. The number of benzene rings is 1. The number of para-hydroxylation sites is 1. The summed E-state index contributed by atoms with van der Waals surface area (Å²) in [5, 5.41) is 4.79. The van der Waals surface area contributed by atoms with Crippen LogP contribution in [-0.4, -0.2) is 18.1 Å². The van der Waals surface area contributed by atoms with Crippen LogP contribution in [0.5, 0.6) is 0 Å². The maximum atomic E-state index is 3.56. The second-order valence-electron chi connectivity index (χ2n) is 4.82. The number of fused-ring (bicyclic) bond motifs is 2. The molecule has 1 aromatic heterocycles. The lowest BCUT2D eigenvalue weighted by Crippen LogP contribution is -2.14. The molecule has 4 rings (SSSR count). The predicted octanol–water partition coefficient (Wildman–Crippen LogP) is 2.10. The zero-order valence-corrected chi connectivity index (χ0v) is 8.53. The van der Waals surface area contributed by atoms with E-state index in [1.807, 2.05) is 0 Å². The molecule has 76 valence electrons. The van der Waals surface area contributed by atoms with Crippen LogP contribution in [-0.2, 0) is 0 Å². The van der Waals surface area contributed by atoms with E-state index in [1.54, 1.807) is 0 Å². The van der Waals surface area contributed by atoms with E-state index in [2.05, 4.69) is 40.6 Å². The standard InChI is InChI=1S/C13H14N2/c1-2-4-11-8(3-1)5-12(15-11)13-9-6-14-7-10(9)13/h1-5,9-10,13-15H,6-7H2. The fourth-order valence-corrected chi connectivity index (χ4v) is 3.16. The van der Waals surface area contributed by atoms with Crippen molar-refractivity contribution in [1.82, 2.24) is 10.3 Å². The first kappa shape index (κ1) is 7.94. The Hall–Kier alpha value is -1.28. The highest BCUT2D eigenvalue weighted by Gasteiger charge is 2.54. The largest absolute Gasteiger partial charge is 0.358 e. The Bertz CT molecular complexity index is 471. The fraction of sp³-hybridized carbons (Fsp3) is 0.385. The van der Waals surface area contributed by atoms with E-state index in [4.69, 9.17) is 0 Å². The summed E-state index contributed by atoms with van der Waals surface area (Å²) in [6.45, 7) is 2.43. The molecule has 1 aromatic carbocycles. The van der Waals surface area contributed by atoms with E-state index < -0.39 is 0 Å². The van der Waals surface area contributed by atoms with Crippen LogP contribution in [0.4, 0.5) is 0 Å². The van der Waals surface area contributed by atoms with Crippen molar-refractivity contribution in [3.05, 3.63) is 36.0 Å². The Kier molecular flexibility index (Phi) is 1.40. The Morgan fingerprint density at radius 2 is 1.87 bits per heavy atom. The summed E-state index contributed by atoms with van der Waals surface area (Å²) in [7, 11) is 0. The molecular weight excluding hydrogens is 184 g/mol. The van der Waals surface area contributed by atoms with Crippen molar-refractivity contribution in [2.75, 3.05) is 13.1 Å². The summed E-state index contributed by atoms with van der Waals surface area (Å²) in [5.74, 6) is 2.61. The molecule has 15 heavy (non-hydrogen) atoms. The molecule has 2 fully saturated rings. The average Bonchev–Trinajstić information content (AvgIpc) is 2.71. The predicted molar refractivity (Wildman–Crippen MR) is 60.9 cm³/mol. The SMILES string of the molecule is c1ccc2[nH]c(C3C4CNCC43)cc2c1. The first-order valence-electron chi connectivity index (χ1n) is 5.72. The van der Waals surface area contributed by atoms with Crippen molar-refractivity contribution in [1.29, 1.82) is 0 Å². The van der Waals surface area contributed by atoms with Crippen LogP contribution in [0.25, 0.3) is 10.9 Å². The summed E-state index contributed by atoms with van der Waals surface area (Å²) in [4.78, 5) is 3.56. The highest BCUT2D eigenvalue weighted by molar-refractivity contribution is 5.80. The maximum absolute atomic E-state index is 3.56. The Labute approximate surface area is 88.7 Å². The Morgan fingerprint density at radius 3 is 2.67 bits per heavy atom. The highest BCUT2D eigenvalue weighted by atomic mass is 15.0. The molecule has 2 heterocycles. The summed E-state index contributed by atoms with van der Waals surface area (Å²) in [6, 6.07) is 10.9. The van der Waals surface area contributed by atoms with E-state index in [0.717, 1.165) is 17.8 Å². The van der Waals surface area contributed by atoms with Gasteiger partial charge in [-0.15, -0.1) is 0 Å². The lowest BCUT2D eigenvalue weighted by molar-refractivity contribution is 0.677. The first-order valence-corrected chi connectivity index (χ1v) is 5.72. The van der Waals surface area contributed by atoms with Gasteiger partial charge in [-0.05, 0) is 42.4 Å². The van der Waals surface area contributed by atoms with E-state index in [1.165, 1.54) is 29.7 Å². The molecule has 2 nitrogen and oxygen atoms in total. The van der Waals surface area contributed by atoms with Crippen molar-refractivity contribution >= 4 is 10.9 Å². The minimum absolute atomic E-state index is 0.804. The van der Waals surface area contributed by atoms with Gasteiger partial charge in [0.05, 0.1) is 0 Å². The molecule has 2 N–H and O–H groups in total. The van der Waals surface area contributed by atoms with Crippen LogP contribution in [0.3, 0.4) is 0 Å². The van der Waals surface area contributed by atoms with Crippen LogP contribution < -0.4 is 5.32 Å². The molecule has 0 spiro atoms. The molecule has 1 saturated heterocycles. The van der Waals surface area contributed by atoms with Gasteiger partial charge < -0.3 is 10.3 Å². The number of aromatic amines is 1. The van der Waals surface area contributed by atoms with Gasteiger partial charge in [0.15, 0.2) is 0 Å². The summed E-state index contributed by atoms with van der Waals surface area (Å²) in [6.07, 6.45) is 0. The molecule has 0 bridgehead atoms. The van der Waals surface area contributed by atoms with Crippen molar-refractivity contribution in [2.45, 2.75) is 5.92 Å². The smallest absolute Gasteiger partial charge is 0.0456 e. The quantitative estimate of drug-likeness (QED) is 0.721. The number of piperidine rings is 1. The zero-order valence-electron chi connectivity index (χ0n) is 8.53. The minimum atomic E-state index is 0.804. The van der Waals surface area contributed by atoms with Crippen LogP contribution in [0, 0.1) is 11.8 Å². The molecular formula is C13H14N2.